The number of carboxylic acid groups (broad SMARTS) is 1. The van der Waals surface area contributed by atoms with Crippen molar-refractivity contribution in [2.45, 2.75) is 26.5 Å². The molecule has 0 radical (unpaired) electrons. The molecular formula is C20H22ClNO5. The smallest absolute Gasteiger partial charge is 0.341 e. The van der Waals surface area contributed by atoms with Crippen LogP contribution in [0.15, 0.2) is 42.5 Å². The molecule has 0 spiro atoms. The molecule has 0 aromatic heterocycles. The maximum Gasteiger partial charge on any atom is 0.341 e. The van der Waals surface area contributed by atoms with Gasteiger partial charge in [-0.1, -0.05) is 23.7 Å². The maximum atomic E-state index is 12.8. The highest BCUT2D eigenvalue weighted by Gasteiger charge is 2.18. The Kier molecular flexibility index (Phi) is 7.07. The molecule has 2 rings (SSSR count). The Morgan fingerprint density at radius 2 is 1.81 bits per heavy atom. The quantitative estimate of drug-likeness (QED) is 0.739. The SMILES string of the molecule is CC(C)Oc1ccc(Cl)cc1C(=O)N(C)Cc1ccc(OCC(=O)O)cc1. The van der Waals surface area contributed by atoms with Crippen molar-refractivity contribution in [1.29, 1.82) is 0 Å². The second-order valence-electron chi connectivity index (χ2n) is 6.29. The predicted molar refractivity (Wildman–Crippen MR) is 103 cm³/mol. The Bertz CT molecular complexity index is 805. The van der Waals surface area contributed by atoms with Gasteiger partial charge in [-0.05, 0) is 49.7 Å². The number of benzene rings is 2. The van der Waals surface area contributed by atoms with Crippen molar-refractivity contribution >= 4 is 23.5 Å². The second-order valence-corrected chi connectivity index (χ2v) is 6.73. The van der Waals surface area contributed by atoms with Gasteiger partial charge in [-0.2, -0.15) is 0 Å². The standard InChI is InChI=1S/C20H22ClNO5/c1-13(2)27-18-9-6-15(21)10-17(18)20(25)22(3)11-14-4-7-16(8-5-14)26-12-19(23)24/h4-10,13H,11-12H2,1-3H3,(H,23,24). The summed E-state index contributed by atoms with van der Waals surface area (Å²) >= 11 is 6.05. The topological polar surface area (TPSA) is 76.1 Å². The normalized spacial score (nSPS) is 10.6. The number of carboxylic acids is 1. The van der Waals surface area contributed by atoms with Crippen molar-refractivity contribution < 1.29 is 24.2 Å². The zero-order valence-corrected chi connectivity index (χ0v) is 16.2. The van der Waals surface area contributed by atoms with Gasteiger partial charge in [-0.3, -0.25) is 4.79 Å². The van der Waals surface area contributed by atoms with Gasteiger partial charge in [-0.25, -0.2) is 4.79 Å². The van der Waals surface area contributed by atoms with Gasteiger partial charge in [0.05, 0.1) is 11.7 Å². The minimum atomic E-state index is -1.04. The minimum Gasteiger partial charge on any atom is -0.490 e. The molecular weight excluding hydrogens is 370 g/mol. The molecule has 1 amide bonds. The third kappa shape index (κ3) is 6.18. The van der Waals surface area contributed by atoms with Crippen LogP contribution in [0.2, 0.25) is 5.02 Å². The highest BCUT2D eigenvalue weighted by atomic mass is 35.5. The number of hydrogen-bond donors (Lipinski definition) is 1. The lowest BCUT2D eigenvalue weighted by Gasteiger charge is -2.20. The molecule has 0 fully saturated rings. The Morgan fingerprint density at radius 1 is 1.15 bits per heavy atom. The van der Waals surface area contributed by atoms with Gasteiger partial charge in [0.2, 0.25) is 0 Å². The van der Waals surface area contributed by atoms with E-state index in [0.717, 1.165) is 5.56 Å². The fourth-order valence-electron chi connectivity index (χ4n) is 2.41. The van der Waals surface area contributed by atoms with E-state index in [0.29, 0.717) is 28.6 Å². The summed E-state index contributed by atoms with van der Waals surface area (Å²) in [7, 11) is 1.69. The van der Waals surface area contributed by atoms with Crippen LogP contribution in [0.1, 0.15) is 29.8 Å². The molecule has 0 saturated heterocycles. The van der Waals surface area contributed by atoms with E-state index in [1.165, 1.54) is 0 Å². The fraction of sp³-hybridized carbons (Fsp3) is 0.300. The van der Waals surface area contributed by atoms with Crippen LogP contribution in [0.4, 0.5) is 0 Å². The summed E-state index contributed by atoms with van der Waals surface area (Å²) < 4.78 is 10.8. The van der Waals surface area contributed by atoms with E-state index >= 15 is 0 Å². The van der Waals surface area contributed by atoms with Gasteiger partial charge in [0.15, 0.2) is 6.61 Å². The van der Waals surface area contributed by atoms with Crippen LogP contribution in [0.3, 0.4) is 0 Å². The number of carbonyl (C=O) groups excluding carboxylic acids is 1. The first-order valence-corrected chi connectivity index (χ1v) is 8.79. The lowest BCUT2D eigenvalue weighted by atomic mass is 10.1. The molecule has 0 saturated carbocycles. The average molecular weight is 392 g/mol. The Balaban J connectivity index is 2.09. The van der Waals surface area contributed by atoms with E-state index in [-0.39, 0.29) is 12.0 Å². The van der Waals surface area contributed by atoms with E-state index in [1.54, 1.807) is 54.4 Å². The summed E-state index contributed by atoms with van der Waals surface area (Å²) in [5.41, 5.74) is 1.28. The summed E-state index contributed by atoms with van der Waals surface area (Å²) in [5, 5.41) is 9.09. The number of amides is 1. The molecule has 6 nitrogen and oxygen atoms in total. The summed E-state index contributed by atoms with van der Waals surface area (Å²) in [6.07, 6.45) is -0.0682. The molecule has 0 unspecified atom stereocenters. The molecule has 0 aliphatic rings. The molecule has 1 N–H and O–H groups in total. The molecule has 2 aromatic carbocycles. The molecule has 0 heterocycles. The van der Waals surface area contributed by atoms with E-state index in [2.05, 4.69) is 0 Å². The summed E-state index contributed by atoms with van der Waals surface area (Å²) in [6, 6.07) is 11.9. The van der Waals surface area contributed by atoms with Crippen LogP contribution in [-0.4, -0.2) is 41.6 Å². The Morgan fingerprint density at radius 3 is 2.41 bits per heavy atom. The Labute approximate surface area is 163 Å². The van der Waals surface area contributed by atoms with Crippen LogP contribution in [0, 0.1) is 0 Å². The molecule has 144 valence electrons. The van der Waals surface area contributed by atoms with Crippen LogP contribution >= 0.6 is 11.6 Å². The summed E-state index contributed by atoms with van der Waals surface area (Å²) in [4.78, 5) is 24.9. The van der Waals surface area contributed by atoms with Gasteiger partial charge in [0.1, 0.15) is 11.5 Å². The van der Waals surface area contributed by atoms with Crippen molar-refractivity contribution in [3.05, 3.63) is 58.6 Å². The molecule has 2 aromatic rings. The Hall–Kier alpha value is -2.73. The highest BCUT2D eigenvalue weighted by molar-refractivity contribution is 6.31. The zero-order valence-electron chi connectivity index (χ0n) is 15.4. The van der Waals surface area contributed by atoms with Crippen molar-refractivity contribution in [2.24, 2.45) is 0 Å². The maximum absolute atomic E-state index is 12.8. The molecule has 0 atom stereocenters. The first-order chi connectivity index (χ1) is 12.8. The number of aliphatic carboxylic acids is 1. The van der Waals surface area contributed by atoms with Gasteiger partial charge in [-0.15, -0.1) is 0 Å². The second kappa shape index (κ2) is 9.28. The van der Waals surface area contributed by atoms with E-state index in [1.807, 2.05) is 13.8 Å². The van der Waals surface area contributed by atoms with Gasteiger partial charge < -0.3 is 19.5 Å². The van der Waals surface area contributed by atoms with Gasteiger partial charge in [0, 0.05) is 18.6 Å². The van der Waals surface area contributed by atoms with Gasteiger partial charge in [0.25, 0.3) is 5.91 Å². The van der Waals surface area contributed by atoms with Crippen molar-refractivity contribution in [1.82, 2.24) is 4.90 Å². The van der Waals surface area contributed by atoms with Crippen molar-refractivity contribution in [3.8, 4) is 11.5 Å². The first-order valence-electron chi connectivity index (χ1n) is 8.41. The number of rotatable bonds is 8. The van der Waals surface area contributed by atoms with E-state index < -0.39 is 12.6 Å². The van der Waals surface area contributed by atoms with E-state index in [9.17, 15) is 9.59 Å². The monoisotopic (exact) mass is 391 g/mol. The average Bonchev–Trinajstić information content (AvgIpc) is 2.61. The largest absolute Gasteiger partial charge is 0.490 e. The van der Waals surface area contributed by atoms with Crippen LogP contribution in [0.25, 0.3) is 0 Å². The lowest BCUT2D eigenvalue weighted by Crippen LogP contribution is -2.27. The molecule has 0 bridgehead atoms. The fourth-order valence-corrected chi connectivity index (χ4v) is 2.59. The molecule has 7 heteroatoms. The number of hydrogen-bond acceptors (Lipinski definition) is 4. The number of ether oxygens (including phenoxy) is 2. The third-order valence-electron chi connectivity index (χ3n) is 3.59. The number of nitrogens with zero attached hydrogens (tertiary/aromatic N) is 1. The number of halogens is 1. The third-order valence-corrected chi connectivity index (χ3v) is 3.82. The molecule has 27 heavy (non-hydrogen) atoms. The van der Waals surface area contributed by atoms with Crippen LogP contribution in [-0.2, 0) is 11.3 Å². The summed E-state index contributed by atoms with van der Waals surface area (Å²) in [6.45, 7) is 3.75. The molecule has 0 aliphatic carbocycles. The highest BCUT2D eigenvalue weighted by Crippen LogP contribution is 2.26. The van der Waals surface area contributed by atoms with Crippen molar-refractivity contribution in [3.63, 3.8) is 0 Å². The van der Waals surface area contributed by atoms with Crippen LogP contribution in [0.5, 0.6) is 11.5 Å². The predicted octanol–water partition coefficient (Wildman–Crippen LogP) is 3.86. The van der Waals surface area contributed by atoms with Crippen molar-refractivity contribution in [2.75, 3.05) is 13.7 Å². The van der Waals surface area contributed by atoms with Gasteiger partial charge >= 0.3 is 5.97 Å². The van der Waals surface area contributed by atoms with Crippen LogP contribution < -0.4 is 9.47 Å². The lowest BCUT2D eigenvalue weighted by molar-refractivity contribution is -0.139. The number of carbonyl (C=O) groups is 2. The van der Waals surface area contributed by atoms with E-state index in [4.69, 9.17) is 26.2 Å². The summed E-state index contributed by atoms with van der Waals surface area (Å²) in [5.74, 6) is -0.300. The molecule has 0 aliphatic heterocycles. The first kappa shape index (κ1) is 20.6. The zero-order chi connectivity index (χ0) is 20.0. The minimum absolute atomic E-state index is 0.0682.